The molecule has 0 radical (unpaired) electrons. The van der Waals surface area contributed by atoms with Gasteiger partial charge in [0.05, 0.1) is 12.6 Å². The van der Waals surface area contributed by atoms with Crippen LogP contribution in [0.15, 0.2) is 18.5 Å². The van der Waals surface area contributed by atoms with Crippen molar-refractivity contribution in [3.8, 4) is 0 Å². The van der Waals surface area contributed by atoms with E-state index in [-0.39, 0.29) is 5.91 Å². The summed E-state index contributed by atoms with van der Waals surface area (Å²) < 4.78 is 0. The Hall–Kier alpha value is -2.11. The SMILES string of the molecule is CC1CC1c1cc(NC(=O)Cc2cn[nH]c2)n[nH]1. The van der Waals surface area contributed by atoms with Gasteiger partial charge in [0, 0.05) is 23.9 Å². The zero-order chi connectivity index (χ0) is 12.5. The lowest BCUT2D eigenvalue weighted by molar-refractivity contribution is -0.115. The Labute approximate surface area is 104 Å². The lowest BCUT2D eigenvalue weighted by Crippen LogP contribution is -2.14. The van der Waals surface area contributed by atoms with Gasteiger partial charge in [-0.3, -0.25) is 15.0 Å². The molecule has 1 aliphatic carbocycles. The molecule has 0 bridgehead atoms. The summed E-state index contributed by atoms with van der Waals surface area (Å²) in [6.07, 6.45) is 4.85. The Kier molecular flexibility index (Phi) is 2.62. The van der Waals surface area contributed by atoms with E-state index >= 15 is 0 Å². The first kappa shape index (κ1) is 11.0. The lowest BCUT2D eigenvalue weighted by Gasteiger charge is -1.98. The average Bonchev–Trinajstić information content (AvgIpc) is 2.78. The van der Waals surface area contributed by atoms with E-state index in [4.69, 9.17) is 0 Å². The monoisotopic (exact) mass is 245 g/mol. The van der Waals surface area contributed by atoms with E-state index in [0.717, 1.165) is 17.2 Å². The third-order valence-corrected chi connectivity index (χ3v) is 3.29. The van der Waals surface area contributed by atoms with Gasteiger partial charge in [0.1, 0.15) is 0 Å². The molecule has 3 rings (SSSR count). The van der Waals surface area contributed by atoms with Gasteiger partial charge in [-0.2, -0.15) is 10.2 Å². The standard InChI is InChI=1S/C12H15N5O/c1-7-2-9(7)10-4-11(17-16-10)15-12(18)3-8-5-13-14-6-8/h4-7,9H,2-3H2,1H3,(H,13,14)(H2,15,16,17,18). The molecule has 6 heteroatoms. The van der Waals surface area contributed by atoms with Crippen molar-refractivity contribution in [2.75, 3.05) is 5.32 Å². The summed E-state index contributed by atoms with van der Waals surface area (Å²) in [7, 11) is 0. The Morgan fingerprint density at radius 1 is 1.61 bits per heavy atom. The van der Waals surface area contributed by atoms with Crippen LogP contribution in [0.2, 0.25) is 0 Å². The zero-order valence-corrected chi connectivity index (χ0v) is 10.1. The number of carbonyl (C=O) groups excluding carboxylic acids is 1. The Bertz CT molecular complexity index is 545. The fraction of sp³-hybridized carbons (Fsp3) is 0.417. The quantitative estimate of drug-likeness (QED) is 0.761. The smallest absolute Gasteiger partial charge is 0.230 e. The summed E-state index contributed by atoms with van der Waals surface area (Å²) in [5, 5.41) is 16.3. The van der Waals surface area contributed by atoms with Gasteiger partial charge in [0.25, 0.3) is 0 Å². The molecule has 2 aromatic rings. The van der Waals surface area contributed by atoms with Gasteiger partial charge in [-0.25, -0.2) is 0 Å². The third-order valence-electron chi connectivity index (χ3n) is 3.29. The Morgan fingerprint density at radius 3 is 3.11 bits per heavy atom. The van der Waals surface area contributed by atoms with Crippen LogP contribution in [0.1, 0.15) is 30.5 Å². The fourth-order valence-corrected chi connectivity index (χ4v) is 2.09. The van der Waals surface area contributed by atoms with E-state index in [2.05, 4.69) is 32.6 Å². The molecule has 1 amide bonds. The molecule has 2 aromatic heterocycles. The second kappa shape index (κ2) is 4.29. The highest BCUT2D eigenvalue weighted by molar-refractivity contribution is 5.91. The maximum atomic E-state index is 11.7. The number of carbonyl (C=O) groups is 1. The molecule has 3 N–H and O–H groups in total. The second-order valence-corrected chi connectivity index (χ2v) is 4.86. The number of anilines is 1. The molecule has 1 fully saturated rings. The number of rotatable bonds is 4. The first-order valence-corrected chi connectivity index (χ1v) is 6.05. The molecule has 0 saturated heterocycles. The molecule has 2 atom stereocenters. The summed E-state index contributed by atoms with van der Waals surface area (Å²) in [4.78, 5) is 11.7. The van der Waals surface area contributed by atoms with Gasteiger partial charge in [-0.15, -0.1) is 0 Å². The van der Waals surface area contributed by atoms with Gasteiger partial charge in [0.15, 0.2) is 5.82 Å². The van der Waals surface area contributed by atoms with Crippen molar-refractivity contribution in [2.24, 2.45) is 5.92 Å². The van der Waals surface area contributed by atoms with E-state index in [1.54, 1.807) is 12.4 Å². The average molecular weight is 245 g/mol. The van der Waals surface area contributed by atoms with Crippen molar-refractivity contribution in [1.29, 1.82) is 0 Å². The number of nitrogens with one attached hydrogen (secondary N) is 3. The predicted octanol–water partition coefficient (Wildman–Crippen LogP) is 1.44. The molecule has 1 aliphatic rings. The van der Waals surface area contributed by atoms with Gasteiger partial charge in [-0.05, 0) is 17.9 Å². The summed E-state index contributed by atoms with van der Waals surface area (Å²) in [6, 6.07) is 1.92. The largest absolute Gasteiger partial charge is 0.309 e. The number of amides is 1. The number of H-pyrrole nitrogens is 2. The van der Waals surface area contributed by atoms with Crippen LogP contribution < -0.4 is 5.32 Å². The topological polar surface area (TPSA) is 86.5 Å². The van der Waals surface area contributed by atoms with Gasteiger partial charge in [-0.1, -0.05) is 6.92 Å². The van der Waals surface area contributed by atoms with E-state index < -0.39 is 0 Å². The Morgan fingerprint density at radius 2 is 2.44 bits per heavy atom. The number of aromatic nitrogens is 4. The number of nitrogens with zero attached hydrogens (tertiary/aromatic N) is 2. The normalized spacial score (nSPS) is 21.8. The van der Waals surface area contributed by atoms with Crippen LogP contribution in [0, 0.1) is 5.92 Å². The van der Waals surface area contributed by atoms with E-state index in [1.807, 2.05) is 6.07 Å². The lowest BCUT2D eigenvalue weighted by atomic mass is 10.2. The first-order chi connectivity index (χ1) is 8.72. The van der Waals surface area contributed by atoms with Crippen molar-refractivity contribution in [2.45, 2.75) is 25.7 Å². The molecule has 0 aliphatic heterocycles. The number of aromatic amines is 2. The van der Waals surface area contributed by atoms with Crippen LogP contribution in [0.4, 0.5) is 5.82 Å². The van der Waals surface area contributed by atoms with Gasteiger partial charge in [0.2, 0.25) is 5.91 Å². The minimum absolute atomic E-state index is 0.0849. The predicted molar refractivity (Wildman–Crippen MR) is 66.0 cm³/mol. The molecule has 0 spiro atoms. The molecule has 2 heterocycles. The summed E-state index contributed by atoms with van der Waals surface area (Å²) in [5.41, 5.74) is 1.97. The van der Waals surface area contributed by atoms with Gasteiger partial charge < -0.3 is 5.32 Å². The molecule has 94 valence electrons. The minimum Gasteiger partial charge on any atom is -0.309 e. The van der Waals surface area contributed by atoms with Crippen LogP contribution in [0.5, 0.6) is 0 Å². The van der Waals surface area contributed by atoms with Crippen LogP contribution in [0.3, 0.4) is 0 Å². The van der Waals surface area contributed by atoms with Crippen LogP contribution in [-0.4, -0.2) is 26.3 Å². The van der Waals surface area contributed by atoms with Crippen molar-refractivity contribution in [3.05, 3.63) is 29.7 Å². The molecule has 0 aromatic carbocycles. The maximum absolute atomic E-state index is 11.7. The third kappa shape index (κ3) is 2.27. The summed E-state index contributed by atoms with van der Waals surface area (Å²) >= 11 is 0. The van der Waals surface area contributed by atoms with E-state index in [0.29, 0.717) is 18.2 Å². The highest BCUT2D eigenvalue weighted by Crippen LogP contribution is 2.46. The molecule has 18 heavy (non-hydrogen) atoms. The molecule has 1 saturated carbocycles. The molecular formula is C12H15N5O. The summed E-state index contributed by atoms with van der Waals surface area (Å²) in [6.45, 7) is 2.21. The molecular weight excluding hydrogens is 230 g/mol. The first-order valence-electron chi connectivity index (χ1n) is 6.05. The van der Waals surface area contributed by atoms with Crippen molar-refractivity contribution >= 4 is 11.7 Å². The maximum Gasteiger partial charge on any atom is 0.230 e. The van der Waals surface area contributed by atoms with Crippen molar-refractivity contribution in [3.63, 3.8) is 0 Å². The molecule has 2 unspecified atom stereocenters. The fourth-order valence-electron chi connectivity index (χ4n) is 2.09. The van der Waals surface area contributed by atoms with Crippen LogP contribution in [0.25, 0.3) is 0 Å². The minimum atomic E-state index is -0.0849. The molecule has 6 nitrogen and oxygen atoms in total. The highest BCUT2D eigenvalue weighted by Gasteiger charge is 2.35. The van der Waals surface area contributed by atoms with E-state index in [9.17, 15) is 4.79 Å². The van der Waals surface area contributed by atoms with Crippen LogP contribution >= 0.6 is 0 Å². The van der Waals surface area contributed by atoms with Gasteiger partial charge >= 0.3 is 0 Å². The number of hydrogen-bond donors (Lipinski definition) is 3. The van der Waals surface area contributed by atoms with E-state index in [1.165, 1.54) is 6.42 Å². The van der Waals surface area contributed by atoms with Crippen LogP contribution in [-0.2, 0) is 11.2 Å². The van der Waals surface area contributed by atoms with Crippen molar-refractivity contribution in [1.82, 2.24) is 20.4 Å². The van der Waals surface area contributed by atoms with Crippen molar-refractivity contribution < 1.29 is 4.79 Å². The second-order valence-electron chi connectivity index (χ2n) is 4.86. The zero-order valence-electron chi connectivity index (χ0n) is 10.1. The highest BCUT2D eigenvalue weighted by atomic mass is 16.1. The Balaban J connectivity index is 1.59. The summed E-state index contributed by atoms with van der Waals surface area (Å²) in [5.74, 6) is 1.81. The number of hydrogen-bond acceptors (Lipinski definition) is 3.